The first kappa shape index (κ1) is 17.0. The highest BCUT2D eigenvalue weighted by Gasteiger charge is 2.24. The molecule has 0 saturated carbocycles. The maximum absolute atomic E-state index is 12.4. The Morgan fingerprint density at radius 1 is 1.44 bits per heavy atom. The molecule has 2 aromatic rings. The maximum Gasteiger partial charge on any atom is 0.252 e. The molecule has 1 aliphatic heterocycles. The van der Waals surface area contributed by atoms with Crippen LogP contribution in [-0.2, 0) is 11.4 Å². The SMILES string of the molecule is Cc1noc(C)c1COc1cccc(C(=O)N[C@H]2CCCNC2=O)c1. The molecule has 1 aliphatic rings. The van der Waals surface area contributed by atoms with Crippen molar-refractivity contribution in [1.82, 2.24) is 15.8 Å². The summed E-state index contributed by atoms with van der Waals surface area (Å²) >= 11 is 0. The van der Waals surface area contributed by atoms with Crippen LogP contribution in [0.1, 0.15) is 40.2 Å². The van der Waals surface area contributed by atoms with Gasteiger partial charge in [-0.1, -0.05) is 11.2 Å². The molecule has 0 unspecified atom stereocenters. The van der Waals surface area contributed by atoms with Crippen molar-refractivity contribution >= 4 is 11.8 Å². The molecule has 25 heavy (non-hydrogen) atoms. The Morgan fingerprint density at radius 2 is 2.28 bits per heavy atom. The Labute approximate surface area is 145 Å². The van der Waals surface area contributed by atoms with E-state index in [1.54, 1.807) is 24.3 Å². The lowest BCUT2D eigenvalue weighted by molar-refractivity contribution is -0.124. The predicted octanol–water partition coefficient (Wildman–Crippen LogP) is 1.88. The molecule has 1 aromatic heterocycles. The van der Waals surface area contributed by atoms with E-state index in [2.05, 4.69) is 15.8 Å². The fourth-order valence-corrected chi connectivity index (χ4v) is 2.74. The molecule has 7 nitrogen and oxygen atoms in total. The summed E-state index contributed by atoms with van der Waals surface area (Å²) in [6.45, 7) is 4.67. The number of carbonyl (C=O) groups is 2. The highest BCUT2D eigenvalue weighted by molar-refractivity contribution is 5.97. The zero-order valence-corrected chi connectivity index (χ0v) is 14.3. The molecule has 1 saturated heterocycles. The zero-order chi connectivity index (χ0) is 17.8. The topological polar surface area (TPSA) is 93.5 Å². The maximum atomic E-state index is 12.4. The Kier molecular flexibility index (Phi) is 5.02. The minimum Gasteiger partial charge on any atom is -0.489 e. The van der Waals surface area contributed by atoms with Gasteiger partial charge in [0.05, 0.1) is 11.3 Å². The lowest BCUT2D eigenvalue weighted by Gasteiger charge is -2.22. The average Bonchev–Trinajstić information content (AvgIpc) is 2.93. The molecule has 7 heteroatoms. The summed E-state index contributed by atoms with van der Waals surface area (Å²) in [4.78, 5) is 24.1. The number of nitrogens with zero attached hydrogens (tertiary/aromatic N) is 1. The van der Waals surface area contributed by atoms with Gasteiger partial charge >= 0.3 is 0 Å². The second-order valence-corrected chi connectivity index (χ2v) is 6.08. The highest BCUT2D eigenvalue weighted by atomic mass is 16.5. The van der Waals surface area contributed by atoms with Crippen LogP contribution in [0.4, 0.5) is 0 Å². The van der Waals surface area contributed by atoms with Gasteiger partial charge in [0.1, 0.15) is 24.2 Å². The van der Waals surface area contributed by atoms with Gasteiger partial charge in [0.2, 0.25) is 5.91 Å². The van der Waals surface area contributed by atoms with Crippen LogP contribution in [0, 0.1) is 13.8 Å². The van der Waals surface area contributed by atoms with E-state index >= 15 is 0 Å². The molecular formula is C18H21N3O4. The van der Waals surface area contributed by atoms with Gasteiger partial charge in [-0.25, -0.2) is 0 Å². The second-order valence-electron chi connectivity index (χ2n) is 6.08. The van der Waals surface area contributed by atoms with E-state index in [9.17, 15) is 9.59 Å². The summed E-state index contributed by atoms with van der Waals surface area (Å²) in [5.74, 6) is 0.866. The minimum atomic E-state index is -0.479. The van der Waals surface area contributed by atoms with Gasteiger partial charge in [0.15, 0.2) is 0 Å². The van der Waals surface area contributed by atoms with Crippen LogP contribution in [0.2, 0.25) is 0 Å². The van der Waals surface area contributed by atoms with Gasteiger partial charge in [-0.15, -0.1) is 0 Å². The fraction of sp³-hybridized carbons (Fsp3) is 0.389. The minimum absolute atomic E-state index is 0.134. The Balaban J connectivity index is 1.64. The summed E-state index contributed by atoms with van der Waals surface area (Å²) in [7, 11) is 0. The zero-order valence-electron chi connectivity index (χ0n) is 14.3. The lowest BCUT2D eigenvalue weighted by Crippen LogP contribution is -2.50. The van der Waals surface area contributed by atoms with E-state index < -0.39 is 6.04 Å². The molecule has 2 amide bonds. The predicted molar refractivity (Wildman–Crippen MR) is 90.2 cm³/mol. The number of rotatable bonds is 5. The molecule has 0 bridgehead atoms. The number of amides is 2. The number of hydrogen-bond acceptors (Lipinski definition) is 5. The van der Waals surface area contributed by atoms with Gasteiger partial charge < -0.3 is 19.9 Å². The van der Waals surface area contributed by atoms with Crippen LogP contribution in [0.15, 0.2) is 28.8 Å². The van der Waals surface area contributed by atoms with Crippen molar-refractivity contribution in [3.05, 3.63) is 46.8 Å². The van der Waals surface area contributed by atoms with E-state index in [-0.39, 0.29) is 11.8 Å². The third-order valence-corrected chi connectivity index (χ3v) is 4.25. The highest BCUT2D eigenvalue weighted by Crippen LogP contribution is 2.18. The summed E-state index contributed by atoms with van der Waals surface area (Å²) in [6.07, 6.45) is 1.51. The number of benzene rings is 1. The number of ether oxygens (including phenoxy) is 1. The van der Waals surface area contributed by atoms with Crippen LogP contribution in [0.5, 0.6) is 5.75 Å². The molecule has 0 aliphatic carbocycles. The summed E-state index contributed by atoms with van der Waals surface area (Å²) in [5, 5.41) is 9.41. The van der Waals surface area contributed by atoms with Crippen LogP contribution in [0.25, 0.3) is 0 Å². The van der Waals surface area contributed by atoms with Gasteiger partial charge in [-0.2, -0.15) is 0 Å². The standard InChI is InChI=1S/C18H21N3O4/c1-11-15(12(2)25-21-11)10-24-14-6-3-5-13(9-14)17(22)20-16-7-4-8-19-18(16)23/h3,5-6,9,16H,4,7-8,10H2,1-2H3,(H,19,23)(H,20,22)/t16-/m0/s1. The molecule has 1 fully saturated rings. The summed E-state index contributed by atoms with van der Waals surface area (Å²) in [5.41, 5.74) is 2.14. The van der Waals surface area contributed by atoms with Crippen molar-refractivity contribution < 1.29 is 18.8 Å². The van der Waals surface area contributed by atoms with Gasteiger partial charge in [0, 0.05) is 12.1 Å². The molecule has 0 radical (unpaired) electrons. The van der Waals surface area contributed by atoms with Crippen molar-refractivity contribution in [3.8, 4) is 5.75 Å². The van der Waals surface area contributed by atoms with Crippen molar-refractivity contribution in [1.29, 1.82) is 0 Å². The van der Waals surface area contributed by atoms with Crippen molar-refractivity contribution in [3.63, 3.8) is 0 Å². The smallest absolute Gasteiger partial charge is 0.252 e. The Hall–Kier alpha value is -2.83. The monoisotopic (exact) mass is 343 g/mol. The molecule has 2 N–H and O–H groups in total. The second kappa shape index (κ2) is 7.38. The molecule has 1 aromatic carbocycles. The molecule has 3 rings (SSSR count). The number of aryl methyl sites for hydroxylation is 2. The van der Waals surface area contributed by atoms with Crippen molar-refractivity contribution in [2.75, 3.05) is 6.54 Å². The van der Waals surface area contributed by atoms with E-state index in [1.807, 2.05) is 13.8 Å². The van der Waals surface area contributed by atoms with Gasteiger partial charge in [0.25, 0.3) is 5.91 Å². The fourth-order valence-electron chi connectivity index (χ4n) is 2.74. The summed E-state index contributed by atoms with van der Waals surface area (Å²) < 4.78 is 10.9. The number of hydrogen-bond donors (Lipinski definition) is 2. The molecular weight excluding hydrogens is 322 g/mol. The lowest BCUT2D eigenvalue weighted by atomic mass is 10.1. The van der Waals surface area contributed by atoms with E-state index in [0.717, 1.165) is 23.4 Å². The largest absolute Gasteiger partial charge is 0.489 e. The van der Waals surface area contributed by atoms with Crippen LogP contribution >= 0.6 is 0 Å². The molecule has 1 atom stereocenters. The number of carbonyl (C=O) groups excluding carboxylic acids is 2. The Morgan fingerprint density at radius 3 is 3.00 bits per heavy atom. The van der Waals surface area contributed by atoms with E-state index in [1.165, 1.54) is 0 Å². The van der Waals surface area contributed by atoms with Crippen LogP contribution < -0.4 is 15.4 Å². The van der Waals surface area contributed by atoms with Gasteiger partial charge in [-0.05, 0) is 44.9 Å². The first-order chi connectivity index (χ1) is 12.0. The molecule has 0 spiro atoms. The summed E-state index contributed by atoms with van der Waals surface area (Å²) in [6, 6.07) is 6.40. The first-order valence-corrected chi connectivity index (χ1v) is 8.28. The number of nitrogens with one attached hydrogen (secondary N) is 2. The van der Waals surface area contributed by atoms with Gasteiger partial charge in [-0.3, -0.25) is 9.59 Å². The first-order valence-electron chi connectivity index (χ1n) is 8.28. The Bertz CT molecular complexity index is 765. The van der Waals surface area contributed by atoms with E-state index in [4.69, 9.17) is 9.26 Å². The molecule has 2 heterocycles. The van der Waals surface area contributed by atoms with Crippen molar-refractivity contribution in [2.45, 2.75) is 39.3 Å². The third kappa shape index (κ3) is 3.99. The normalized spacial score (nSPS) is 17.0. The third-order valence-electron chi connectivity index (χ3n) is 4.25. The van der Waals surface area contributed by atoms with Crippen molar-refractivity contribution in [2.24, 2.45) is 0 Å². The number of aromatic nitrogens is 1. The molecule has 132 valence electrons. The quantitative estimate of drug-likeness (QED) is 0.864. The van der Waals surface area contributed by atoms with E-state index in [0.29, 0.717) is 30.9 Å². The van der Waals surface area contributed by atoms with Crippen LogP contribution in [0.3, 0.4) is 0 Å². The average molecular weight is 343 g/mol. The van der Waals surface area contributed by atoms with Crippen LogP contribution in [-0.4, -0.2) is 29.6 Å². The number of piperidine rings is 1.